The van der Waals surface area contributed by atoms with Crippen molar-refractivity contribution >= 4 is 29.3 Å². The second kappa shape index (κ2) is 12.6. The van der Waals surface area contributed by atoms with E-state index in [1.165, 1.54) is 38.6 Å². The topological polar surface area (TPSA) is 108 Å². The van der Waals surface area contributed by atoms with Gasteiger partial charge < -0.3 is 15.0 Å². The Kier molecular flexibility index (Phi) is 8.97. The molecular formula is C30H42N4O5. The maximum absolute atomic E-state index is 13.3. The number of hydrogen-bond acceptors (Lipinski definition) is 7. The molecule has 1 atom stereocenters. The first kappa shape index (κ1) is 27.8. The number of nitrogens with zero attached hydrogens (tertiary/aromatic N) is 2. The third-order valence-corrected chi connectivity index (χ3v) is 8.83. The van der Waals surface area contributed by atoms with Crippen molar-refractivity contribution in [1.29, 1.82) is 0 Å². The number of hydrogen-bond donors (Lipinski definition) is 2. The van der Waals surface area contributed by atoms with Crippen LogP contribution >= 0.6 is 0 Å². The Morgan fingerprint density at radius 3 is 2.49 bits per heavy atom. The summed E-state index contributed by atoms with van der Waals surface area (Å²) in [6, 6.07) is 4.45. The summed E-state index contributed by atoms with van der Waals surface area (Å²) in [4.78, 5) is 53.8. The molecule has 1 aromatic rings. The maximum Gasteiger partial charge on any atom is 0.264 e. The Hall–Kier alpha value is -2.78. The fraction of sp³-hybridized carbons (Fsp3) is 0.667. The van der Waals surface area contributed by atoms with E-state index in [1.807, 2.05) is 6.07 Å². The third kappa shape index (κ3) is 6.52. The van der Waals surface area contributed by atoms with Crippen LogP contribution in [0.5, 0.6) is 0 Å². The van der Waals surface area contributed by atoms with Gasteiger partial charge in [0.1, 0.15) is 6.04 Å². The molecular weight excluding hydrogens is 496 g/mol. The number of ether oxygens (including phenoxy) is 1. The molecule has 0 bridgehead atoms. The summed E-state index contributed by atoms with van der Waals surface area (Å²) in [6.07, 6.45) is 12.3. The lowest BCUT2D eigenvalue weighted by molar-refractivity contribution is -0.136. The van der Waals surface area contributed by atoms with Crippen LogP contribution in [-0.4, -0.2) is 78.4 Å². The van der Waals surface area contributed by atoms with Crippen LogP contribution in [0.15, 0.2) is 18.2 Å². The van der Waals surface area contributed by atoms with E-state index in [9.17, 15) is 19.2 Å². The molecule has 5 rings (SSSR count). The third-order valence-electron chi connectivity index (χ3n) is 8.83. The van der Waals surface area contributed by atoms with Crippen molar-refractivity contribution in [2.75, 3.05) is 32.1 Å². The normalized spacial score (nSPS) is 26.2. The summed E-state index contributed by atoms with van der Waals surface area (Å²) in [5, 5.41) is 5.74. The quantitative estimate of drug-likeness (QED) is 0.345. The van der Waals surface area contributed by atoms with Crippen LogP contribution in [0.25, 0.3) is 0 Å². The van der Waals surface area contributed by atoms with Crippen molar-refractivity contribution in [1.82, 2.24) is 15.1 Å². The number of carbonyl (C=O) groups is 4. The minimum Gasteiger partial charge on any atom is -0.382 e. The average molecular weight is 539 g/mol. The Balaban J connectivity index is 1.08. The number of carbonyl (C=O) groups excluding carboxylic acids is 4. The SMILES string of the molecule is CN(CCCOC1CCC(Nc2cccc3c2C(=O)N(C2CCC(=O)NC2=O)C3=O)CC1)CC1CCCCC1. The van der Waals surface area contributed by atoms with Crippen LogP contribution in [0.4, 0.5) is 5.69 Å². The number of nitrogens with one attached hydrogen (secondary N) is 2. The molecule has 2 aliphatic heterocycles. The van der Waals surface area contributed by atoms with Crippen LogP contribution in [-0.2, 0) is 14.3 Å². The summed E-state index contributed by atoms with van der Waals surface area (Å²) in [5.41, 5.74) is 1.26. The standard InChI is InChI=1S/C30H42N4O5/c1-33(19-20-7-3-2-4-8-20)17-6-18-39-22-13-11-21(12-14-22)31-24-10-5-9-23-27(24)30(38)34(29(23)37)25-15-16-26(35)32-28(25)36/h5,9-10,20-22,25,31H,2-4,6-8,11-19H2,1H3,(H,32,35,36). The van der Waals surface area contributed by atoms with Gasteiger partial charge >= 0.3 is 0 Å². The number of benzene rings is 1. The number of piperidine rings is 1. The summed E-state index contributed by atoms with van der Waals surface area (Å²) in [5.74, 6) is -1.05. The number of anilines is 1. The zero-order valence-corrected chi connectivity index (χ0v) is 23.1. The molecule has 9 nitrogen and oxygen atoms in total. The van der Waals surface area contributed by atoms with Gasteiger partial charge in [-0.25, -0.2) is 0 Å². The fourth-order valence-corrected chi connectivity index (χ4v) is 6.72. The largest absolute Gasteiger partial charge is 0.382 e. The number of fused-ring (bicyclic) bond motifs is 1. The van der Waals surface area contributed by atoms with Gasteiger partial charge in [0.25, 0.3) is 11.8 Å². The highest BCUT2D eigenvalue weighted by Crippen LogP contribution is 2.34. The Morgan fingerprint density at radius 1 is 0.974 bits per heavy atom. The van der Waals surface area contributed by atoms with E-state index in [2.05, 4.69) is 22.6 Å². The Bertz CT molecular complexity index is 1080. The molecule has 39 heavy (non-hydrogen) atoms. The van der Waals surface area contributed by atoms with Gasteiger partial charge in [-0.1, -0.05) is 25.3 Å². The lowest BCUT2D eigenvalue weighted by atomic mass is 9.89. The van der Waals surface area contributed by atoms with Gasteiger partial charge in [0.15, 0.2) is 0 Å². The highest BCUT2D eigenvalue weighted by molar-refractivity contribution is 6.25. The van der Waals surface area contributed by atoms with Gasteiger partial charge in [-0.05, 0) is 76.5 Å². The van der Waals surface area contributed by atoms with Crippen molar-refractivity contribution in [3.05, 3.63) is 29.3 Å². The van der Waals surface area contributed by atoms with E-state index in [0.717, 1.165) is 56.1 Å². The number of imide groups is 2. The Labute approximate surface area is 231 Å². The molecule has 2 saturated carbocycles. The predicted molar refractivity (Wildman–Crippen MR) is 147 cm³/mol. The average Bonchev–Trinajstić information content (AvgIpc) is 3.18. The van der Waals surface area contributed by atoms with E-state index in [1.54, 1.807) is 12.1 Å². The second-order valence-corrected chi connectivity index (χ2v) is 11.8. The van der Waals surface area contributed by atoms with Crippen molar-refractivity contribution in [3.63, 3.8) is 0 Å². The zero-order chi connectivity index (χ0) is 27.4. The highest BCUT2D eigenvalue weighted by atomic mass is 16.5. The summed E-state index contributed by atoms with van der Waals surface area (Å²) in [6.45, 7) is 3.07. The van der Waals surface area contributed by atoms with E-state index < -0.39 is 23.8 Å². The summed E-state index contributed by atoms with van der Waals surface area (Å²) < 4.78 is 6.20. The molecule has 1 unspecified atom stereocenters. The lowest BCUT2D eigenvalue weighted by Crippen LogP contribution is -2.54. The van der Waals surface area contributed by atoms with E-state index in [-0.39, 0.29) is 30.9 Å². The molecule has 2 N–H and O–H groups in total. The summed E-state index contributed by atoms with van der Waals surface area (Å²) in [7, 11) is 2.23. The minimum absolute atomic E-state index is 0.109. The van der Waals surface area contributed by atoms with E-state index in [0.29, 0.717) is 16.8 Å². The highest BCUT2D eigenvalue weighted by Gasteiger charge is 2.45. The van der Waals surface area contributed by atoms with Gasteiger partial charge in [-0.3, -0.25) is 29.4 Å². The van der Waals surface area contributed by atoms with Crippen molar-refractivity contribution < 1.29 is 23.9 Å². The monoisotopic (exact) mass is 538 g/mol. The molecule has 0 radical (unpaired) electrons. The van der Waals surface area contributed by atoms with Crippen LogP contribution in [0.1, 0.15) is 97.8 Å². The number of amides is 4. The van der Waals surface area contributed by atoms with E-state index >= 15 is 0 Å². The number of rotatable bonds is 10. The maximum atomic E-state index is 13.3. The molecule has 4 aliphatic rings. The summed E-state index contributed by atoms with van der Waals surface area (Å²) >= 11 is 0. The first-order valence-corrected chi connectivity index (χ1v) is 14.8. The molecule has 2 aliphatic carbocycles. The van der Waals surface area contributed by atoms with Crippen LogP contribution in [0.3, 0.4) is 0 Å². The predicted octanol–water partition coefficient (Wildman–Crippen LogP) is 3.73. The zero-order valence-electron chi connectivity index (χ0n) is 23.1. The van der Waals surface area contributed by atoms with Gasteiger partial charge in [0, 0.05) is 37.8 Å². The molecule has 212 valence electrons. The van der Waals surface area contributed by atoms with Crippen LogP contribution in [0, 0.1) is 5.92 Å². The fourth-order valence-electron chi connectivity index (χ4n) is 6.72. The van der Waals surface area contributed by atoms with E-state index in [4.69, 9.17) is 4.74 Å². The molecule has 2 heterocycles. The molecule has 1 aromatic carbocycles. The van der Waals surface area contributed by atoms with Crippen LogP contribution in [0.2, 0.25) is 0 Å². The van der Waals surface area contributed by atoms with Gasteiger partial charge in [0.2, 0.25) is 11.8 Å². The first-order chi connectivity index (χ1) is 18.9. The Morgan fingerprint density at radius 2 is 1.74 bits per heavy atom. The molecule has 1 saturated heterocycles. The van der Waals surface area contributed by atoms with Crippen molar-refractivity contribution in [2.45, 2.75) is 95.2 Å². The molecule has 4 amide bonds. The molecule has 0 aromatic heterocycles. The van der Waals surface area contributed by atoms with Crippen molar-refractivity contribution in [2.24, 2.45) is 5.92 Å². The minimum atomic E-state index is -0.956. The smallest absolute Gasteiger partial charge is 0.264 e. The molecule has 3 fully saturated rings. The van der Waals surface area contributed by atoms with Gasteiger partial charge in [-0.15, -0.1) is 0 Å². The lowest BCUT2D eigenvalue weighted by Gasteiger charge is -2.31. The first-order valence-electron chi connectivity index (χ1n) is 14.8. The van der Waals surface area contributed by atoms with Crippen molar-refractivity contribution in [3.8, 4) is 0 Å². The van der Waals surface area contributed by atoms with Gasteiger partial charge in [0.05, 0.1) is 17.2 Å². The molecule has 9 heteroatoms. The van der Waals surface area contributed by atoms with Gasteiger partial charge in [-0.2, -0.15) is 0 Å². The molecule has 0 spiro atoms. The van der Waals surface area contributed by atoms with Crippen LogP contribution < -0.4 is 10.6 Å². The second-order valence-electron chi connectivity index (χ2n) is 11.8.